The van der Waals surface area contributed by atoms with E-state index in [0.717, 1.165) is 0 Å². The number of nitrogens with zero attached hydrogens (tertiary/aromatic N) is 6. The highest BCUT2D eigenvalue weighted by Crippen LogP contribution is 2.15. The van der Waals surface area contributed by atoms with Gasteiger partial charge < -0.3 is 10.8 Å². The van der Waals surface area contributed by atoms with Gasteiger partial charge in [-0.25, -0.2) is 14.5 Å². The molecule has 3 aromatic heterocycles. The molecule has 90 valence electrons. The lowest BCUT2D eigenvalue weighted by molar-refractivity contribution is 0.0691. The molecule has 0 aliphatic heterocycles. The fourth-order valence-electron chi connectivity index (χ4n) is 1.57. The summed E-state index contributed by atoms with van der Waals surface area (Å²) in [6.07, 6.45) is 6.08. The summed E-state index contributed by atoms with van der Waals surface area (Å²) >= 11 is 0. The van der Waals surface area contributed by atoms with Crippen LogP contribution in [0.3, 0.4) is 0 Å². The van der Waals surface area contributed by atoms with E-state index in [1.807, 2.05) is 0 Å². The van der Waals surface area contributed by atoms with Gasteiger partial charge in [0.1, 0.15) is 6.33 Å². The molecule has 0 amide bonds. The third kappa shape index (κ3) is 1.38. The highest BCUT2D eigenvalue weighted by atomic mass is 16.4. The van der Waals surface area contributed by atoms with E-state index >= 15 is 0 Å². The average Bonchev–Trinajstić information content (AvgIpc) is 2.94. The van der Waals surface area contributed by atoms with E-state index in [4.69, 9.17) is 10.8 Å². The van der Waals surface area contributed by atoms with Gasteiger partial charge in [0.25, 0.3) is 0 Å². The molecular formula is C9H7N7O2. The Labute approximate surface area is 99.5 Å². The van der Waals surface area contributed by atoms with Crippen molar-refractivity contribution >= 4 is 17.3 Å². The van der Waals surface area contributed by atoms with Crippen LogP contribution in [0.5, 0.6) is 0 Å². The van der Waals surface area contributed by atoms with E-state index in [1.54, 1.807) is 10.6 Å². The fourth-order valence-corrected chi connectivity index (χ4v) is 1.57. The lowest BCUT2D eigenvalue weighted by Crippen LogP contribution is -2.05. The largest absolute Gasteiger partial charge is 0.476 e. The number of nitrogen functional groups attached to an aromatic ring is 1. The maximum absolute atomic E-state index is 10.9. The predicted octanol–water partition coefficient (Wildman–Crippen LogP) is -0.410. The maximum atomic E-state index is 10.9. The Morgan fingerprint density at radius 1 is 1.44 bits per heavy atom. The summed E-state index contributed by atoms with van der Waals surface area (Å²) in [6, 6.07) is 0. The number of aromatic carboxylic acids is 1. The highest BCUT2D eigenvalue weighted by Gasteiger charge is 2.16. The smallest absolute Gasteiger partial charge is 0.358 e. The summed E-state index contributed by atoms with van der Waals surface area (Å²) in [5, 5.41) is 20.4. The van der Waals surface area contributed by atoms with Crippen LogP contribution in [0.25, 0.3) is 11.5 Å². The molecule has 0 bridgehead atoms. The van der Waals surface area contributed by atoms with Crippen LogP contribution in [0.15, 0.2) is 24.9 Å². The molecular weight excluding hydrogens is 238 g/mol. The number of carboxylic acids is 1. The molecule has 0 aliphatic rings. The summed E-state index contributed by atoms with van der Waals surface area (Å²) in [7, 11) is 0. The molecule has 3 heterocycles. The number of carbonyl (C=O) groups is 1. The van der Waals surface area contributed by atoms with Gasteiger partial charge in [0.2, 0.25) is 5.65 Å². The van der Waals surface area contributed by atoms with Gasteiger partial charge >= 0.3 is 5.97 Å². The molecule has 18 heavy (non-hydrogen) atoms. The Hall–Kier alpha value is -2.97. The number of hydrogen-bond donors (Lipinski definition) is 2. The van der Waals surface area contributed by atoms with Gasteiger partial charge in [-0.05, 0) is 0 Å². The lowest BCUT2D eigenvalue weighted by atomic mass is 10.4. The van der Waals surface area contributed by atoms with Gasteiger partial charge in [-0.1, -0.05) is 0 Å². The van der Waals surface area contributed by atoms with Crippen LogP contribution in [0.4, 0.5) is 5.69 Å². The van der Waals surface area contributed by atoms with Gasteiger partial charge in [0, 0.05) is 12.4 Å². The first-order valence-electron chi connectivity index (χ1n) is 4.90. The van der Waals surface area contributed by atoms with Gasteiger partial charge in [-0.2, -0.15) is 5.10 Å². The molecule has 0 fully saturated rings. The highest BCUT2D eigenvalue weighted by molar-refractivity contribution is 5.91. The van der Waals surface area contributed by atoms with Crippen LogP contribution in [-0.4, -0.2) is 40.4 Å². The minimum atomic E-state index is -1.19. The van der Waals surface area contributed by atoms with Crippen LogP contribution in [-0.2, 0) is 0 Å². The van der Waals surface area contributed by atoms with Crippen molar-refractivity contribution < 1.29 is 9.90 Å². The van der Waals surface area contributed by atoms with Crippen molar-refractivity contribution in [2.45, 2.75) is 0 Å². The van der Waals surface area contributed by atoms with E-state index in [1.165, 1.54) is 23.4 Å². The second kappa shape index (κ2) is 3.52. The Balaban J connectivity index is 2.23. The molecule has 0 atom stereocenters. The molecule has 0 saturated heterocycles. The number of carboxylic acid groups (broad SMARTS) is 1. The minimum Gasteiger partial charge on any atom is -0.476 e. The summed E-state index contributed by atoms with van der Waals surface area (Å²) in [4.78, 5) is 15.0. The van der Waals surface area contributed by atoms with E-state index in [9.17, 15) is 4.79 Å². The number of hydrogen-bond acceptors (Lipinski definition) is 6. The molecule has 9 heteroatoms. The van der Waals surface area contributed by atoms with Gasteiger partial charge in [-0.15, -0.1) is 10.2 Å². The number of aromatic nitrogens is 6. The van der Waals surface area contributed by atoms with Crippen LogP contribution in [0.1, 0.15) is 10.5 Å². The predicted molar refractivity (Wildman–Crippen MR) is 59.3 cm³/mol. The van der Waals surface area contributed by atoms with Crippen molar-refractivity contribution in [1.29, 1.82) is 0 Å². The lowest BCUT2D eigenvalue weighted by Gasteiger charge is -2.00. The number of fused-ring (bicyclic) bond motifs is 1. The van der Waals surface area contributed by atoms with Crippen LogP contribution >= 0.6 is 0 Å². The van der Waals surface area contributed by atoms with Crippen molar-refractivity contribution in [1.82, 2.24) is 29.4 Å². The standard InChI is InChI=1S/C9H7N7O2/c10-5-3-16(14-6(5)9(17)18)7-8-13-12-4-15(8)2-1-11-7/h1-4H,10H2,(H,17,18). The molecule has 0 spiro atoms. The van der Waals surface area contributed by atoms with Crippen LogP contribution in [0, 0.1) is 0 Å². The van der Waals surface area contributed by atoms with Gasteiger partial charge in [-0.3, -0.25) is 4.40 Å². The number of nitrogens with two attached hydrogens (primary N) is 1. The quantitative estimate of drug-likeness (QED) is 0.628. The summed E-state index contributed by atoms with van der Waals surface area (Å²) in [5.74, 6) is -0.839. The van der Waals surface area contributed by atoms with Gasteiger partial charge in [0.05, 0.1) is 11.9 Å². The zero-order valence-corrected chi connectivity index (χ0v) is 8.93. The molecule has 3 rings (SSSR count). The van der Waals surface area contributed by atoms with E-state index in [-0.39, 0.29) is 11.4 Å². The molecule has 0 unspecified atom stereocenters. The number of anilines is 1. The van der Waals surface area contributed by atoms with Crippen molar-refractivity contribution in [2.24, 2.45) is 0 Å². The third-order valence-electron chi connectivity index (χ3n) is 2.36. The Bertz CT molecular complexity index is 744. The van der Waals surface area contributed by atoms with Crippen LogP contribution in [0.2, 0.25) is 0 Å². The average molecular weight is 245 g/mol. The molecule has 9 nitrogen and oxygen atoms in total. The zero-order chi connectivity index (χ0) is 12.7. The maximum Gasteiger partial charge on any atom is 0.358 e. The van der Waals surface area contributed by atoms with Crippen molar-refractivity contribution in [3.8, 4) is 5.82 Å². The van der Waals surface area contributed by atoms with Crippen molar-refractivity contribution in [3.05, 3.63) is 30.6 Å². The zero-order valence-electron chi connectivity index (χ0n) is 8.93. The molecule has 3 N–H and O–H groups in total. The first-order valence-corrected chi connectivity index (χ1v) is 4.90. The normalized spacial score (nSPS) is 10.9. The Morgan fingerprint density at radius 2 is 2.28 bits per heavy atom. The summed E-state index contributed by atoms with van der Waals surface area (Å²) in [6.45, 7) is 0. The van der Waals surface area contributed by atoms with Crippen molar-refractivity contribution in [3.63, 3.8) is 0 Å². The minimum absolute atomic E-state index is 0.0609. The van der Waals surface area contributed by atoms with E-state index in [0.29, 0.717) is 11.5 Å². The second-order valence-electron chi connectivity index (χ2n) is 3.50. The molecule has 0 aromatic carbocycles. The molecule has 0 radical (unpaired) electrons. The second-order valence-corrected chi connectivity index (χ2v) is 3.50. The third-order valence-corrected chi connectivity index (χ3v) is 2.36. The number of rotatable bonds is 2. The molecule has 0 saturated carbocycles. The van der Waals surface area contributed by atoms with Gasteiger partial charge in [0.15, 0.2) is 11.5 Å². The molecule has 3 aromatic rings. The topological polar surface area (TPSA) is 124 Å². The molecule has 0 aliphatic carbocycles. The summed E-state index contributed by atoms with van der Waals surface area (Å²) in [5.41, 5.74) is 5.86. The SMILES string of the molecule is Nc1cn(-c2nccn3cnnc23)nc1C(=O)O. The van der Waals surface area contributed by atoms with E-state index in [2.05, 4.69) is 20.3 Å². The monoisotopic (exact) mass is 245 g/mol. The summed E-state index contributed by atoms with van der Waals surface area (Å²) < 4.78 is 2.91. The first kappa shape index (κ1) is 10.2. The Kier molecular flexibility index (Phi) is 1.99. The Morgan fingerprint density at radius 3 is 3.00 bits per heavy atom. The fraction of sp³-hybridized carbons (Fsp3) is 0. The van der Waals surface area contributed by atoms with Crippen molar-refractivity contribution in [2.75, 3.05) is 5.73 Å². The van der Waals surface area contributed by atoms with Crippen LogP contribution < -0.4 is 5.73 Å². The van der Waals surface area contributed by atoms with E-state index < -0.39 is 5.97 Å². The first-order chi connectivity index (χ1) is 8.66.